The van der Waals surface area contributed by atoms with Crippen LogP contribution in [0.1, 0.15) is 59.1 Å². The Bertz CT molecular complexity index is 501. The third kappa shape index (κ3) is 2.70. The van der Waals surface area contributed by atoms with Crippen LogP contribution in [0.3, 0.4) is 0 Å². The SMILES string of the molecule is CCNc1ccc2c(c1)C(C(C)(C)C)=CCC2(C)C. The van der Waals surface area contributed by atoms with E-state index in [9.17, 15) is 0 Å². The molecule has 0 fully saturated rings. The van der Waals surface area contributed by atoms with Crippen LogP contribution in [0, 0.1) is 5.41 Å². The lowest BCUT2D eigenvalue weighted by molar-refractivity contribution is 0.504. The normalized spacial score (nSPS) is 17.7. The monoisotopic (exact) mass is 257 g/mol. The van der Waals surface area contributed by atoms with E-state index in [0.717, 1.165) is 13.0 Å². The zero-order chi connectivity index (χ0) is 14.3. The first-order chi connectivity index (χ1) is 8.75. The lowest BCUT2D eigenvalue weighted by Crippen LogP contribution is -2.25. The van der Waals surface area contributed by atoms with E-state index in [0.29, 0.717) is 0 Å². The van der Waals surface area contributed by atoms with Crippen molar-refractivity contribution >= 4 is 11.3 Å². The third-order valence-corrected chi connectivity index (χ3v) is 4.04. The molecule has 0 unspecified atom stereocenters. The zero-order valence-electron chi connectivity index (χ0n) is 13.2. The molecule has 0 heterocycles. The molecule has 0 spiro atoms. The van der Waals surface area contributed by atoms with Gasteiger partial charge in [-0.1, -0.05) is 46.8 Å². The molecule has 1 aromatic carbocycles. The van der Waals surface area contributed by atoms with Gasteiger partial charge in [0, 0.05) is 12.2 Å². The second-order valence-electron chi connectivity index (χ2n) is 7.25. The molecule has 0 amide bonds. The van der Waals surface area contributed by atoms with Crippen molar-refractivity contribution in [2.75, 3.05) is 11.9 Å². The van der Waals surface area contributed by atoms with Crippen LogP contribution in [0.15, 0.2) is 24.3 Å². The van der Waals surface area contributed by atoms with E-state index in [4.69, 9.17) is 0 Å². The Labute approximate surface area is 118 Å². The summed E-state index contributed by atoms with van der Waals surface area (Å²) in [6.07, 6.45) is 3.57. The van der Waals surface area contributed by atoms with E-state index >= 15 is 0 Å². The molecule has 1 aromatic rings. The van der Waals surface area contributed by atoms with Gasteiger partial charge in [-0.25, -0.2) is 0 Å². The molecule has 0 bridgehead atoms. The molecule has 0 aliphatic heterocycles. The van der Waals surface area contributed by atoms with Gasteiger partial charge in [0.05, 0.1) is 0 Å². The summed E-state index contributed by atoms with van der Waals surface area (Å²) in [6.45, 7) is 14.7. The van der Waals surface area contributed by atoms with Crippen LogP contribution < -0.4 is 5.32 Å². The minimum Gasteiger partial charge on any atom is -0.385 e. The van der Waals surface area contributed by atoms with Gasteiger partial charge in [0.1, 0.15) is 0 Å². The average molecular weight is 257 g/mol. The fourth-order valence-electron chi connectivity index (χ4n) is 2.96. The number of benzene rings is 1. The fourth-order valence-corrected chi connectivity index (χ4v) is 2.96. The molecular formula is C18H27N. The molecule has 0 aromatic heterocycles. The average Bonchev–Trinajstić information content (AvgIpc) is 2.27. The van der Waals surface area contributed by atoms with Gasteiger partial charge in [-0.05, 0) is 53.0 Å². The maximum atomic E-state index is 3.43. The highest BCUT2D eigenvalue weighted by Gasteiger charge is 2.32. The van der Waals surface area contributed by atoms with Crippen molar-refractivity contribution in [1.29, 1.82) is 0 Å². The van der Waals surface area contributed by atoms with Crippen molar-refractivity contribution in [1.82, 2.24) is 0 Å². The van der Waals surface area contributed by atoms with E-state index in [1.165, 1.54) is 22.4 Å². The number of rotatable bonds is 2. The van der Waals surface area contributed by atoms with Crippen LogP contribution >= 0.6 is 0 Å². The first kappa shape index (κ1) is 14.2. The Kier molecular flexibility index (Phi) is 3.51. The minimum absolute atomic E-state index is 0.204. The van der Waals surface area contributed by atoms with Crippen molar-refractivity contribution in [3.63, 3.8) is 0 Å². The lowest BCUT2D eigenvalue weighted by Gasteiger charge is -2.37. The van der Waals surface area contributed by atoms with Gasteiger partial charge in [0.25, 0.3) is 0 Å². The van der Waals surface area contributed by atoms with E-state index in [2.05, 4.69) is 71.1 Å². The molecule has 1 N–H and O–H groups in total. The Morgan fingerprint density at radius 1 is 1.21 bits per heavy atom. The van der Waals surface area contributed by atoms with Gasteiger partial charge >= 0.3 is 0 Å². The molecule has 1 aliphatic carbocycles. The van der Waals surface area contributed by atoms with E-state index in [1.807, 2.05) is 0 Å². The molecule has 0 radical (unpaired) electrons. The van der Waals surface area contributed by atoms with Crippen molar-refractivity contribution in [3.8, 4) is 0 Å². The molecule has 0 atom stereocenters. The summed E-state index contributed by atoms with van der Waals surface area (Å²) in [4.78, 5) is 0. The topological polar surface area (TPSA) is 12.0 Å². The largest absolute Gasteiger partial charge is 0.385 e. The molecular weight excluding hydrogens is 230 g/mol. The summed E-state index contributed by atoms with van der Waals surface area (Å²) in [5, 5.41) is 3.43. The van der Waals surface area contributed by atoms with Crippen LogP contribution in [0.25, 0.3) is 5.57 Å². The Balaban J connectivity index is 2.57. The molecule has 1 nitrogen and oxygen atoms in total. The highest BCUT2D eigenvalue weighted by molar-refractivity contribution is 5.77. The quantitative estimate of drug-likeness (QED) is 0.765. The molecule has 2 rings (SSSR count). The molecule has 1 aliphatic rings. The molecule has 19 heavy (non-hydrogen) atoms. The van der Waals surface area contributed by atoms with Gasteiger partial charge in [0.15, 0.2) is 0 Å². The summed E-state index contributed by atoms with van der Waals surface area (Å²) in [7, 11) is 0. The van der Waals surface area contributed by atoms with Gasteiger partial charge in [-0.3, -0.25) is 0 Å². The summed E-state index contributed by atoms with van der Waals surface area (Å²) in [5.41, 5.74) is 6.09. The van der Waals surface area contributed by atoms with Crippen LogP contribution in [-0.2, 0) is 5.41 Å². The van der Waals surface area contributed by atoms with Crippen molar-refractivity contribution in [3.05, 3.63) is 35.4 Å². The second-order valence-corrected chi connectivity index (χ2v) is 7.25. The first-order valence-electron chi connectivity index (χ1n) is 7.35. The molecule has 0 saturated heterocycles. The minimum atomic E-state index is 0.204. The number of allylic oxidation sites excluding steroid dienone is 2. The van der Waals surface area contributed by atoms with E-state index in [-0.39, 0.29) is 10.8 Å². The van der Waals surface area contributed by atoms with Crippen molar-refractivity contribution < 1.29 is 0 Å². The van der Waals surface area contributed by atoms with Gasteiger partial charge in [-0.15, -0.1) is 0 Å². The smallest absolute Gasteiger partial charge is 0.0346 e. The zero-order valence-corrected chi connectivity index (χ0v) is 13.2. The van der Waals surface area contributed by atoms with Crippen molar-refractivity contribution in [2.45, 2.75) is 53.4 Å². The Hall–Kier alpha value is -1.24. The third-order valence-electron chi connectivity index (χ3n) is 4.04. The summed E-state index contributed by atoms with van der Waals surface area (Å²) in [5.74, 6) is 0. The number of nitrogens with one attached hydrogen (secondary N) is 1. The van der Waals surface area contributed by atoms with Crippen LogP contribution in [0.2, 0.25) is 0 Å². The summed E-state index contributed by atoms with van der Waals surface area (Å²) < 4.78 is 0. The summed E-state index contributed by atoms with van der Waals surface area (Å²) in [6, 6.07) is 6.86. The lowest BCUT2D eigenvalue weighted by atomic mass is 9.68. The second kappa shape index (κ2) is 4.70. The van der Waals surface area contributed by atoms with Crippen LogP contribution in [-0.4, -0.2) is 6.54 Å². The van der Waals surface area contributed by atoms with Gasteiger partial charge < -0.3 is 5.32 Å². The number of hydrogen-bond donors (Lipinski definition) is 1. The van der Waals surface area contributed by atoms with Crippen LogP contribution in [0.5, 0.6) is 0 Å². The molecule has 104 valence electrons. The summed E-state index contributed by atoms with van der Waals surface area (Å²) >= 11 is 0. The predicted octanol–water partition coefficient (Wildman–Crippen LogP) is 5.23. The van der Waals surface area contributed by atoms with Crippen LogP contribution in [0.4, 0.5) is 5.69 Å². The van der Waals surface area contributed by atoms with Crippen molar-refractivity contribution in [2.24, 2.45) is 5.41 Å². The number of anilines is 1. The molecule has 0 saturated carbocycles. The Morgan fingerprint density at radius 3 is 2.47 bits per heavy atom. The number of fused-ring (bicyclic) bond motifs is 1. The van der Waals surface area contributed by atoms with Gasteiger partial charge in [0.2, 0.25) is 0 Å². The predicted molar refractivity (Wildman–Crippen MR) is 85.7 cm³/mol. The Morgan fingerprint density at radius 2 is 1.89 bits per heavy atom. The van der Waals surface area contributed by atoms with E-state index < -0.39 is 0 Å². The maximum Gasteiger partial charge on any atom is 0.0346 e. The van der Waals surface area contributed by atoms with E-state index in [1.54, 1.807) is 0 Å². The highest BCUT2D eigenvalue weighted by atomic mass is 14.8. The highest BCUT2D eigenvalue weighted by Crippen LogP contribution is 2.46. The maximum absolute atomic E-state index is 3.43. The first-order valence-corrected chi connectivity index (χ1v) is 7.35. The molecule has 1 heteroatoms. The number of hydrogen-bond acceptors (Lipinski definition) is 1. The fraction of sp³-hybridized carbons (Fsp3) is 0.556. The standard InChI is InChI=1S/C18H27N/c1-7-19-13-8-9-16-14(12-13)15(17(2,3)4)10-11-18(16,5)6/h8-10,12,19H,7,11H2,1-6H3. The van der Waals surface area contributed by atoms with Gasteiger partial charge in [-0.2, -0.15) is 0 Å².